The van der Waals surface area contributed by atoms with E-state index in [9.17, 15) is 37.5 Å². The van der Waals surface area contributed by atoms with Gasteiger partial charge in [0.05, 0.1) is 58.7 Å². The second kappa shape index (κ2) is 35.4. The Labute approximate surface area is 585 Å². The zero-order valence-electron chi connectivity index (χ0n) is 55.2. The third-order valence-corrected chi connectivity index (χ3v) is 16.1. The van der Waals surface area contributed by atoms with Crippen molar-refractivity contribution < 1.29 is 42.7 Å². The number of carboxylic acid groups (broad SMARTS) is 1. The van der Waals surface area contributed by atoms with Crippen LogP contribution in [-0.4, -0.2) is 109 Å². The van der Waals surface area contributed by atoms with Crippen LogP contribution in [0.2, 0.25) is 0 Å². The average Bonchev–Trinajstić information content (AvgIpc) is 1.57. The van der Waals surface area contributed by atoms with E-state index in [1.54, 1.807) is 78.9 Å². The molecule has 3 aromatic heterocycles. The second-order valence-electron chi connectivity index (χ2n) is 23.7. The Hall–Kier alpha value is -12.4. The van der Waals surface area contributed by atoms with Crippen molar-refractivity contribution in [2.24, 2.45) is 46.2 Å². The molecule has 7 aromatic carbocycles. The number of nitrogens with one attached hydrogen (secondary N) is 5. The van der Waals surface area contributed by atoms with Gasteiger partial charge in [0.1, 0.15) is 23.0 Å². The van der Waals surface area contributed by atoms with Crippen LogP contribution in [0.5, 0.6) is 0 Å². The van der Waals surface area contributed by atoms with E-state index in [1.165, 1.54) is 71.4 Å². The van der Waals surface area contributed by atoms with Crippen LogP contribution in [0.3, 0.4) is 0 Å². The van der Waals surface area contributed by atoms with E-state index in [1.807, 2.05) is 72.8 Å². The van der Waals surface area contributed by atoms with Gasteiger partial charge in [0, 0.05) is 50.9 Å². The molecule has 0 spiro atoms. The number of aromatic carboxylic acids is 1. The number of carbonyl (C=O) groups is 6. The van der Waals surface area contributed by atoms with Crippen LogP contribution in [0.4, 0.5) is 25.8 Å². The van der Waals surface area contributed by atoms with E-state index in [2.05, 4.69) is 46.7 Å². The molecule has 28 heteroatoms. The maximum atomic E-state index is 14.9. The first-order valence-corrected chi connectivity index (χ1v) is 32.4. The van der Waals surface area contributed by atoms with Crippen molar-refractivity contribution in [3.8, 4) is 23.1 Å². The second-order valence-corrected chi connectivity index (χ2v) is 23.7. The molecule has 2 fully saturated rings. The van der Waals surface area contributed by atoms with Gasteiger partial charge in [-0.25, -0.2) is 32.5 Å². The number of rotatable bonds is 26. The third kappa shape index (κ3) is 19.9. The van der Waals surface area contributed by atoms with Gasteiger partial charge in [-0.3, -0.25) is 24.0 Å². The normalized spacial score (nSPS) is 12.6. The molecule has 0 aliphatic heterocycles. The minimum Gasteiger partial charge on any atom is -0.477 e. The van der Waals surface area contributed by atoms with Crippen molar-refractivity contribution in [2.75, 3.05) is 49.9 Å². The maximum absolute atomic E-state index is 14.9. The molecule has 10 aromatic rings. The topological polar surface area (TPSA) is 421 Å². The van der Waals surface area contributed by atoms with Crippen molar-refractivity contribution >= 4 is 52.6 Å². The fraction of sp³-hybridized carbons (Fsp3) is 0.203. The highest BCUT2D eigenvalue weighted by molar-refractivity contribution is 6.06. The molecule has 0 radical (unpaired) electrons. The summed E-state index contributed by atoms with van der Waals surface area (Å²) in [4.78, 5) is 76.0. The zero-order valence-corrected chi connectivity index (χ0v) is 55.2. The molecule has 26 nitrogen and oxygen atoms in total. The van der Waals surface area contributed by atoms with E-state index < -0.39 is 47.1 Å². The summed E-state index contributed by atoms with van der Waals surface area (Å²) >= 11 is 0. The molecular formula is C74H75F2N19O7. The summed E-state index contributed by atoms with van der Waals surface area (Å²) in [6.07, 6.45) is 4.79. The Morgan fingerprint density at radius 1 is 0.529 bits per heavy atom. The molecule has 2 atom stereocenters. The van der Waals surface area contributed by atoms with Crippen molar-refractivity contribution in [3.63, 3.8) is 0 Å². The van der Waals surface area contributed by atoms with Gasteiger partial charge in [-0.05, 0) is 145 Å². The number of anilines is 2. The Morgan fingerprint density at radius 3 is 1.36 bits per heavy atom. The lowest BCUT2D eigenvalue weighted by Gasteiger charge is -2.21. The molecular weight excluding hydrogens is 1300 g/mol. The summed E-state index contributed by atoms with van der Waals surface area (Å²) in [7, 11) is 0. The number of halogens is 2. The molecule has 3 heterocycles. The molecule has 12 rings (SSSR count). The Morgan fingerprint density at radius 2 is 0.951 bits per heavy atom. The molecule has 2 unspecified atom stereocenters. The maximum Gasteiger partial charge on any atom is 0.354 e. The van der Waals surface area contributed by atoms with E-state index in [-0.39, 0.29) is 64.2 Å². The predicted octanol–water partition coefficient (Wildman–Crippen LogP) is 7.95. The molecule has 18 N–H and O–H groups in total. The lowest BCUT2D eigenvalue weighted by molar-refractivity contribution is 0.0685. The van der Waals surface area contributed by atoms with Crippen molar-refractivity contribution in [1.82, 2.24) is 45.3 Å². The predicted molar refractivity (Wildman–Crippen MR) is 380 cm³/mol. The molecule has 2 saturated carbocycles. The van der Waals surface area contributed by atoms with Crippen LogP contribution in [0.25, 0.3) is 21.9 Å². The number of aromatic nitrogens is 6. The number of hydrogen-bond donors (Lipinski definition) is 12. The van der Waals surface area contributed by atoms with Gasteiger partial charge in [-0.1, -0.05) is 103 Å². The fourth-order valence-electron chi connectivity index (χ4n) is 10.5. The van der Waals surface area contributed by atoms with Gasteiger partial charge in [0.2, 0.25) is 0 Å². The molecule has 0 bridgehead atoms. The monoisotopic (exact) mass is 1380 g/mol. The Balaban J connectivity index is 0.000000178. The van der Waals surface area contributed by atoms with E-state index in [0.29, 0.717) is 53.2 Å². The van der Waals surface area contributed by atoms with Crippen LogP contribution in [-0.2, 0) is 6.54 Å². The number of amides is 5. The summed E-state index contributed by atoms with van der Waals surface area (Å²) in [5.41, 5.74) is 37.9. The number of carboxylic acids is 1. The van der Waals surface area contributed by atoms with Crippen molar-refractivity contribution in [1.29, 1.82) is 5.26 Å². The highest BCUT2D eigenvalue weighted by Gasteiger charge is 2.28. The van der Waals surface area contributed by atoms with E-state index >= 15 is 0 Å². The van der Waals surface area contributed by atoms with Gasteiger partial charge in [0.15, 0.2) is 28.5 Å². The standard InChI is InChI=1S/C29H25FN6O2.C29H29FN6O2.C12H8N4O3.C4H13N3/c1-32-21-8-5-9-22(15-21)36-26(16-25(35-36)28(31)37)29(38)34-24-14-20(12-13-23(24)30)27(33-17-18-10-11-18)19-6-3-2-4-7-19;30-23-12-11-21(27(33-17-18-9-10-18)20-6-2-1-3-7-20)14-24(23)34-29(38)26-15-25(28(32)37)35-36(26)22-8-4-5-19(13-22)16-31;13-6-7-2-1-3-8(4-7)16-10(12(18)19)5-9(15-16)11(14)17;5-1-3-7-4-2-6/h2-9,12-16,18,27,33H,10-11,17H2,(H2,31,37)(H,34,38);1-8,11-15,18,27,33H,9-10,16-17,31H2,(H2,32,37)(H,34,38);1-5H,(H2,14,17)(H,18,19);7H,1-6H2. The summed E-state index contributed by atoms with van der Waals surface area (Å²) < 4.78 is 33.5. The largest absolute Gasteiger partial charge is 0.477 e. The quantitative estimate of drug-likeness (QED) is 0.0181. The first-order chi connectivity index (χ1) is 49.3. The average molecular weight is 1380 g/mol. The SMILES string of the molecule is N#Cc1cccc(-n2nc(C(N)=O)cc2C(=O)O)c1.NCCNCCN.NCc1cccc(-n2nc(C(N)=O)cc2C(=O)Nc2cc(C(NCC3CC3)c3ccccc3)ccc2F)c1.[C-]#[N+]c1cccc(-n2nc(C(N)=O)cc2C(=O)Nc2cc(C(NCC3CC3)c3ccccc3)ccc2F)c1. The smallest absolute Gasteiger partial charge is 0.354 e. The molecule has 0 saturated heterocycles. The number of primary amides is 3. The minimum absolute atomic E-state index is 0.00932. The molecule has 102 heavy (non-hydrogen) atoms. The molecule has 5 amide bonds. The van der Waals surface area contributed by atoms with Crippen LogP contribution in [0.15, 0.2) is 188 Å². The molecule has 2 aliphatic carbocycles. The third-order valence-electron chi connectivity index (χ3n) is 16.1. The first kappa shape index (κ1) is 73.8. The van der Waals surface area contributed by atoms with Crippen molar-refractivity contribution in [3.05, 3.63) is 279 Å². The summed E-state index contributed by atoms with van der Waals surface area (Å²) in [6.45, 7) is 12.4. The van der Waals surface area contributed by atoms with Gasteiger partial charge in [-0.15, -0.1) is 0 Å². The highest BCUT2D eigenvalue weighted by atomic mass is 19.1. The number of hydrogen-bond acceptors (Lipinski definition) is 16. The van der Waals surface area contributed by atoms with Crippen LogP contribution in [0, 0.1) is 41.4 Å². The lowest BCUT2D eigenvalue weighted by atomic mass is 9.97. The number of nitrogens with zero attached hydrogens (tertiary/aromatic N) is 8. The van der Waals surface area contributed by atoms with E-state index in [4.69, 9.17) is 51.3 Å². The minimum atomic E-state index is -1.25. The summed E-state index contributed by atoms with van der Waals surface area (Å²) in [6, 6.07) is 54.0. The fourth-order valence-corrected chi connectivity index (χ4v) is 10.5. The number of nitriles is 1. The Bertz CT molecular complexity index is 4710. The van der Waals surface area contributed by atoms with Crippen LogP contribution < -0.4 is 61.0 Å². The summed E-state index contributed by atoms with van der Waals surface area (Å²) in [5, 5.41) is 45.6. The number of nitrogens with two attached hydrogens (primary N) is 6. The van der Waals surface area contributed by atoms with Gasteiger partial charge in [0.25, 0.3) is 29.5 Å². The zero-order chi connectivity index (χ0) is 72.8. The first-order valence-electron chi connectivity index (χ1n) is 32.4. The van der Waals surface area contributed by atoms with Gasteiger partial charge in [-0.2, -0.15) is 20.6 Å². The summed E-state index contributed by atoms with van der Waals surface area (Å²) in [5.74, 6) is -4.89. The van der Waals surface area contributed by atoms with Gasteiger partial charge < -0.3 is 66.1 Å². The van der Waals surface area contributed by atoms with Crippen molar-refractivity contribution in [2.45, 2.75) is 44.3 Å². The highest BCUT2D eigenvalue weighted by Crippen LogP contribution is 2.34. The van der Waals surface area contributed by atoms with Gasteiger partial charge >= 0.3 is 5.97 Å². The number of carbonyl (C=O) groups excluding carboxylic acids is 5. The van der Waals surface area contributed by atoms with Crippen LogP contribution >= 0.6 is 0 Å². The van der Waals surface area contributed by atoms with Crippen LogP contribution in [0.1, 0.15) is 134 Å². The molecule has 522 valence electrons. The Kier molecular flexibility index (Phi) is 25.6. The number of benzene rings is 7. The van der Waals surface area contributed by atoms with E-state index in [0.717, 1.165) is 64.7 Å². The lowest BCUT2D eigenvalue weighted by Crippen LogP contribution is -2.27. The molecule has 2 aliphatic rings.